The minimum atomic E-state index is -0.784. The van der Waals surface area contributed by atoms with Crippen molar-refractivity contribution in [2.24, 2.45) is 5.92 Å². The van der Waals surface area contributed by atoms with Gasteiger partial charge in [0.05, 0.1) is 5.92 Å². The van der Waals surface area contributed by atoms with Crippen molar-refractivity contribution in [1.82, 2.24) is 10.3 Å². The van der Waals surface area contributed by atoms with Crippen LogP contribution in [0.15, 0.2) is 12.1 Å². The number of carbonyl (C=O) groups excluding carboxylic acids is 1. The first-order valence-electron chi connectivity index (χ1n) is 6.97. The molecule has 0 aliphatic heterocycles. The summed E-state index contributed by atoms with van der Waals surface area (Å²) < 4.78 is 0. The van der Waals surface area contributed by atoms with E-state index in [1.165, 1.54) is 6.07 Å². The maximum atomic E-state index is 12.1. The van der Waals surface area contributed by atoms with Crippen molar-refractivity contribution in [1.29, 1.82) is 0 Å². The van der Waals surface area contributed by atoms with Gasteiger partial charge in [-0.05, 0) is 38.8 Å². The molecule has 0 aliphatic rings. The number of amides is 1. The van der Waals surface area contributed by atoms with Crippen LogP contribution in [0.3, 0.4) is 0 Å². The van der Waals surface area contributed by atoms with Crippen molar-refractivity contribution in [2.45, 2.75) is 46.1 Å². The second-order valence-corrected chi connectivity index (χ2v) is 5.75. The van der Waals surface area contributed by atoms with Gasteiger partial charge in [-0.2, -0.15) is 0 Å². The van der Waals surface area contributed by atoms with Crippen LogP contribution in [0.25, 0.3) is 0 Å². The van der Waals surface area contributed by atoms with E-state index in [1.807, 2.05) is 6.92 Å². The minimum Gasteiger partial charge on any atom is -0.481 e. The highest BCUT2D eigenvalue weighted by atomic mass is 35.5. The van der Waals surface area contributed by atoms with Gasteiger partial charge in [0.1, 0.15) is 5.15 Å². The maximum Gasteiger partial charge on any atom is 0.306 e. The molecule has 0 bridgehead atoms. The Morgan fingerprint density at radius 1 is 1.33 bits per heavy atom. The van der Waals surface area contributed by atoms with Crippen LogP contribution in [0.1, 0.15) is 49.2 Å². The Morgan fingerprint density at radius 2 is 2.00 bits per heavy atom. The van der Waals surface area contributed by atoms with E-state index in [2.05, 4.69) is 10.3 Å². The van der Waals surface area contributed by atoms with Gasteiger partial charge in [0.15, 0.2) is 0 Å². The van der Waals surface area contributed by atoms with E-state index in [0.717, 1.165) is 12.8 Å². The Bertz CT molecular complexity index is 499. The molecule has 0 spiro atoms. The number of nitrogens with zero attached hydrogens (tertiary/aromatic N) is 1. The lowest BCUT2D eigenvalue weighted by Gasteiger charge is -2.15. The predicted molar refractivity (Wildman–Crippen MR) is 81.6 cm³/mol. The smallest absolute Gasteiger partial charge is 0.306 e. The number of aliphatic carboxylic acids is 1. The van der Waals surface area contributed by atoms with E-state index in [0.29, 0.717) is 22.8 Å². The lowest BCUT2D eigenvalue weighted by Crippen LogP contribution is -2.32. The molecule has 2 unspecified atom stereocenters. The first-order chi connectivity index (χ1) is 9.79. The van der Waals surface area contributed by atoms with Crippen LogP contribution < -0.4 is 5.32 Å². The highest BCUT2D eigenvalue weighted by molar-refractivity contribution is 6.29. The molecule has 5 nitrogen and oxygen atoms in total. The highest BCUT2D eigenvalue weighted by Crippen LogP contribution is 2.12. The summed E-state index contributed by atoms with van der Waals surface area (Å²) in [6, 6.07) is 3.19. The number of carboxylic acids is 1. The Kier molecular flexibility index (Phi) is 6.62. The molecule has 116 valence electrons. The van der Waals surface area contributed by atoms with E-state index in [4.69, 9.17) is 16.7 Å². The van der Waals surface area contributed by atoms with Gasteiger partial charge in [0.25, 0.3) is 5.91 Å². The Balaban J connectivity index is 2.45. The zero-order chi connectivity index (χ0) is 16.0. The molecular weight excluding hydrogens is 292 g/mol. The van der Waals surface area contributed by atoms with Crippen molar-refractivity contribution >= 4 is 23.5 Å². The summed E-state index contributed by atoms with van der Waals surface area (Å²) >= 11 is 5.83. The fourth-order valence-corrected chi connectivity index (χ4v) is 2.24. The normalized spacial score (nSPS) is 13.5. The number of nitrogens with one attached hydrogen (secondary N) is 1. The summed E-state index contributed by atoms with van der Waals surface area (Å²) in [5.41, 5.74) is 1.17. The van der Waals surface area contributed by atoms with Gasteiger partial charge in [-0.15, -0.1) is 0 Å². The van der Waals surface area contributed by atoms with E-state index >= 15 is 0 Å². The van der Waals surface area contributed by atoms with Crippen molar-refractivity contribution < 1.29 is 14.7 Å². The predicted octanol–water partition coefficient (Wildman–Crippen LogP) is 3.05. The number of rotatable bonds is 7. The largest absolute Gasteiger partial charge is 0.481 e. The second-order valence-electron chi connectivity index (χ2n) is 5.36. The van der Waals surface area contributed by atoms with Gasteiger partial charge < -0.3 is 10.4 Å². The monoisotopic (exact) mass is 312 g/mol. The fraction of sp³-hybridized carbons (Fsp3) is 0.533. The summed E-state index contributed by atoms with van der Waals surface area (Å²) in [5, 5.41) is 12.0. The third-order valence-electron chi connectivity index (χ3n) is 3.26. The number of halogens is 1. The second kappa shape index (κ2) is 7.98. The van der Waals surface area contributed by atoms with E-state index in [9.17, 15) is 9.59 Å². The first kappa shape index (κ1) is 17.4. The average Bonchev–Trinajstić information content (AvgIpc) is 2.37. The number of aromatic nitrogens is 1. The van der Waals surface area contributed by atoms with Gasteiger partial charge in [0.2, 0.25) is 0 Å². The standard InChI is InChI=1S/C15H21ClN2O3/c1-9(15(20)21)5-4-6-10(2)18-14(19)12-7-11(3)17-13(16)8-12/h7-10H,4-6H2,1-3H3,(H,18,19)(H,20,21). The molecule has 1 aromatic heterocycles. The molecular formula is C15H21ClN2O3. The quantitative estimate of drug-likeness (QED) is 0.758. The molecule has 21 heavy (non-hydrogen) atoms. The molecule has 2 N–H and O–H groups in total. The molecule has 6 heteroatoms. The third-order valence-corrected chi connectivity index (χ3v) is 3.45. The van der Waals surface area contributed by atoms with Crippen LogP contribution in [0.5, 0.6) is 0 Å². The average molecular weight is 313 g/mol. The first-order valence-corrected chi connectivity index (χ1v) is 7.35. The van der Waals surface area contributed by atoms with Crippen LogP contribution in [-0.4, -0.2) is 28.0 Å². The van der Waals surface area contributed by atoms with E-state index in [1.54, 1.807) is 19.9 Å². The molecule has 0 aromatic carbocycles. The summed E-state index contributed by atoms with van der Waals surface area (Å²) in [4.78, 5) is 26.8. The molecule has 0 fully saturated rings. The Hall–Kier alpha value is -1.62. The molecule has 1 aromatic rings. The molecule has 2 atom stereocenters. The van der Waals surface area contributed by atoms with E-state index < -0.39 is 5.97 Å². The van der Waals surface area contributed by atoms with Crippen LogP contribution >= 0.6 is 11.6 Å². The van der Waals surface area contributed by atoms with Crippen molar-refractivity contribution in [2.75, 3.05) is 0 Å². The lowest BCUT2D eigenvalue weighted by molar-refractivity contribution is -0.141. The molecule has 1 heterocycles. The fourth-order valence-electron chi connectivity index (χ4n) is 1.99. The Morgan fingerprint density at radius 3 is 2.57 bits per heavy atom. The summed E-state index contributed by atoms with van der Waals surface area (Å²) in [5.74, 6) is -1.33. The van der Waals surface area contributed by atoms with Crippen LogP contribution in [-0.2, 0) is 4.79 Å². The Labute approximate surface area is 129 Å². The number of hydrogen-bond donors (Lipinski definition) is 2. The molecule has 1 rings (SSSR count). The molecule has 0 radical (unpaired) electrons. The zero-order valence-corrected chi connectivity index (χ0v) is 13.3. The van der Waals surface area contributed by atoms with Gasteiger partial charge in [-0.1, -0.05) is 24.9 Å². The number of carbonyl (C=O) groups is 2. The third kappa shape index (κ3) is 6.12. The van der Waals surface area contributed by atoms with Crippen molar-refractivity contribution in [3.05, 3.63) is 28.5 Å². The van der Waals surface area contributed by atoms with Crippen LogP contribution in [0.2, 0.25) is 5.15 Å². The molecule has 0 saturated carbocycles. The summed E-state index contributed by atoms with van der Waals surface area (Å²) in [7, 11) is 0. The zero-order valence-electron chi connectivity index (χ0n) is 12.5. The number of pyridine rings is 1. The van der Waals surface area contributed by atoms with E-state index in [-0.39, 0.29) is 17.9 Å². The number of hydrogen-bond acceptors (Lipinski definition) is 3. The highest BCUT2D eigenvalue weighted by Gasteiger charge is 2.14. The number of carboxylic acid groups (broad SMARTS) is 1. The van der Waals surface area contributed by atoms with Gasteiger partial charge in [0, 0.05) is 17.3 Å². The summed E-state index contributed by atoms with van der Waals surface area (Å²) in [6.07, 6.45) is 2.10. The van der Waals surface area contributed by atoms with Gasteiger partial charge in [-0.25, -0.2) is 4.98 Å². The SMILES string of the molecule is Cc1cc(C(=O)NC(C)CCCC(C)C(=O)O)cc(Cl)n1. The molecule has 0 saturated heterocycles. The lowest BCUT2D eigenvalue weighted by atomic mass is 10.0. The topological polar surface area (TPSA) is 79.3 Å². The van der Waals surface area contributed by atoms with Gasteiger partial charge >= 0.3 is 5.97 Å². The maximum absolute atomic E-state index is 12.1. The molecule has 0 aliphatic carbocycles. The summed E-state index contributed by atoms with van der Waals surface area (Å²) in [6.45, 7) is 5.37. The van der Waals surface area contributed by atoms with Crippen LogP contribution in [0, 0.1) is 12.8 Å². The van der Waals surface area contributed by atoms with Crippen LogP contribution in [0.4, 0.5) is 0 Å². The number of aryl methyl sites for hydroxylation is 1. The van der Waals surface area contributed by atoms with Gasteiger partial charge in [-0.3, -0.25) is 9.59 Å². The van der Waals surface area contributed by atoms with Crippen molar-refractivity contribution in [3.8, 4) is 0 Å². The molecule has 1 amide bonds. The van der Waals surface area contributed by atoms with Crippen molar-refractivity contribution in [3.63, 3.8) is 0 Å². The minimum absolute atomic E-state index is 0.0225.